The Hall–Kier alpha value is -3.07. The number of H-pyrrole nitrogens is 1. The van der Waals surface area contributed by atoms with E-state index in [9.17, 15) is 4.79 Å². The number of ether oxygens (including phenoxy) is 2. The number of rotatable bonds is 3. The summed E-state index contributed by atoms with van der Waals surface area (Å²) in [5.41, 5.74) is 5.24. The molecule has 5 heterocycles. The second kappa shape index (κ2) is 7.07. The van der Waals surface area contributed by atoms with Gasteiger partial charge in [-0.25, -0.2) is 9.78 Å². The zero-order valence-corrected chi connectivity index (χ0v) is 16.6. The molecule has 1 N–H and O–H groups in total. The van der Waals surface area contributed by atoms with E-state index in [1.54, 1.807) is 9.58 Å². The Morgan fingerprint density at radius 3 is 2.72 bits per heavy atom. The molecule has 0 aromatic carbocycles. The lowest BCUT2D eigenvalue weighted by atomic mass is 10.1. The first kappa shape index (κ1) is 18.0. The van der Waals surface area contributed by atoms with Crippen molar-refractivity contribution in [3.63, 3.8) is 0 Å². The van der Waals surface area contributed by atoms with Crippen molar-refractivity contribution in [2.75, 3.05) is 44.3 Å². The smallest absolute Gasteiger partial charge is 0.410 e. The minimum Gasteiger partial charge on any atom is -0.441 e. The molecular weight excluding hydrogens is 372 g/mol. The number of aryl methyl sites for hydroxylation is 2. The number of aromatic amines is 1. The molecule has 1 amide bonds. The van der Waals surface area contributed by atoms with Crippen LogP contribution in [0.5, 0.6) is 0 Å². The van der Waals surface area contributed by atoms with E-state index in [0.29, 0.717) is 26.3 Å². The molecule has 9 nitrogen and oxygen atoms in total. The summed E-state index contributed by atoms with van der Waals surface area (Å²) in [6, 6.07) is 2.05. The Morgan fingerprint density at radius 2 is 2.07 bits per heavy atom. The number of piperazine rings is 1. The number of nitrogens with one attached hydrogen (secondary N) is 1. The van der Waals surface area contributed by atoms with Crippen LogP contribution in [0, 0.1) is 6.92 Å². The van der Waals surface area contributed by atoms with E-state index in [2.05, 4.69) is 33.0 Å². The quantitative estimate of drug-likeness (QED) is 0.728. The van der Waals surface area contributed by atoms with Crippen LogP contribution in [0.15, 0.2) is 24.7 Å². The maximum atomic E-state index is 12.3. The maximum Gasteiger partial charge on any atom is 0.410 e. The fourth-order valence-electron chi connectivity index (χ4n) is 3.98. The minimum atomic E-state index is -0.241. The van der Waals surface area contributed by atoms with Gasteiger partial charge in [-0.1, -0.05) is 0 Å². The molecule has 2 aliphatic heterocycles. The Kier molecular flexibility index (Phi) is 4.39. The minimum absolute atomic E-state index is 0.0891. The largest absolute Gasteiger partial charge is 0.441 e. The molecule has 152 valence electrons. The van der Waals surface area contributed by atoms with Crippen molar-refractivity contribution < 1.29 is 14.3 Å². The van der Waals surface area contributed by atoms with Gasteiger partial charge in [0.15, 0.2) is 6.10 Å². The van der Waals surface area contributed by atoms with Gasteiger partial charge in [-0.15, -0.1) is 0 Å². The van der Waals surface area contributed by atoms with E-state index < -0.39 is 0 Å². The highest BCUT2D eigenvalue weighted by Gasteiger charge is 2.29. The molecule has 0 bridgehead atoms. The number of fused-ring (bicyclic) bond motifs is 1. The van der Waals surface area contributed by atoms with Crippen LogP contribution in [-0.4, -0.2) is 76.2 Å². The highest BCUT2D eigenvalue weighted by Crippen LogP contribution is 2.35. The van der Waals surface area contributed by atoms with Crippen LogP contribution in [-0.2, 0) is 16.5 Å². The summed E-state index contributed by atoms with van der Waals surface area (Å²) in [6.45, 7) is 5.90. The molecule has 0 aliphatic carbocycles. The van der Waals surface area contributed by atoms with Crippen molar-refractivity contribution in [1.29, 1.82) is 0 Å². The Balaban J connectivity index is 1.37. The molecule has 2 aliphatic rings. The third kappa shape index (κ3) is 3.21. The second-order valence-corrected chi connectivity index (χ2v) is 7.60. The number of carbonyl (C=O) groups excluding carboxylic acids is 1. The van der Waals surface area contributed by atoms with Gasteiger partial charge in [0.1, 0.15) is 5.65 Å². The van der Waals surface area contributed by atoms with Gasteiger partial charge in [0.2, 0.25) is 0 Å². The summed E-state index contributed by atoms with van der Waals surface area (Å²) >= 11 is 0. The molecule has 2 fully saturated rings. The first-order valence-corrected chi connectivity index (χ1v) is 9.84. The van der Waals surface area contributed by atoms with Crippen LogP contribution in [0.4, 0.5) is 10.5 Å². The molecule has 9 heteroatoms. The van der Waals surface area contributed by atoms with Gasteiger partial charge in [-0.2, -0.15) is 5.10 Å². The predicted octanol–water partition coefficient (Wildman–Crippen LogP) is 1.93. The zero-order valence-electron chi connectivity index (χ0n) is 16.6. The van der Waals surface area contributed by atoms with E-state index in [1.165, 1.54) is 0 Å². The molecule has 2 saturated heterocycles. The molecule has 0 atom stereocenters. The number of carbonyl (C=O) groups is 1. The van der Waals surface area contributed by atoms with Gasteiger partial charge in [-0.05, 0) is 18.6 Å². The number of pyridine rings is 1. The molecular formula is C20H24N6O3. The van der Waals surface area contributed by atoms with Gasteiger partial charge in [-0.3, -0.25) is 4.68 Å². The maximum absolute atomic E-state index is 12.3. The number of anilines is 1. The molecule has 0 radical (unpaired) electrons. The van der Waals surface area contributed by atoms with Crippen molar-refractivity contribution in [1.82, 2.24) is 24.6 Å². The summed E-state index contributed by atoms with van der Waals surface area (Å²) in [5.74, 6) is 0. The highest BCUT2D eigenvalue weighted by molar-refractivity contribution is 5.97. The van der Waals surface area contributed by atoms with E-state index in [-0.39, 0.29) is 12.2 Å². The summed E-state index contributed by atoms with van der Waals surface area (Å²) in [4.78, 5) is 24.4. The van der Waals surface area contributed by atoms with Crippen molar-refractivity contribution in [2.45, 2.75) is 13.0 Å². The van der Waals surface area contributed by atoms with Crippen molar-refractivity contribution in [3.8, 4) is 11.3 Å². The number of aromatic nitrogens is 4. The molecule has 29 heavy (non-hydrogen) atoms. The monoisotopic (exact) mass is 396 g/mol. The lowest BCUT2D eigenvalue weighted by Crippen LogP contribution is -2.51. The normalized spacial score (nSPS) is 17.6. The Bertz CT molecular complexity index is 1050. The zero-order chi connectivity index (χ0) is 20.0. The fourth-order valence-corrected chi connectivity index (χ4v) is 3.98. The van der Waals surface area contributed by atoms with Gasteiger partial charge < -0.3 is 24.3 Å². The molecule has 0 saturated carbocycles. The standard InChI is InChI=1S/C20H24N6O3/c1-13-17-16(3-4-21-19(17)23-18(13)14-9-22-24(2)10-14)25-5-7-26(8-6-25)20(27)29-15-11-28-12-15/h3-4,9-10,15H,5-8,11-12H2,1-2H3,(H,21,23). The fraction of sp³-hybridized carbons (Fsp3) is 0.450. The Morgan fingerprint density at radius 1 is 1.28 bits per heavy atom. The van der Waals surface area contributed by atoms with Crippen LogP contribution in [0.3, 0.4) is 0 Å². The number of nitrogens with zero attached hydrogens (tertiary/aromatic N) is 5. The van der Waals surface area contributed by atoms with Crippen molar-refractivity contribution >= 4 is 22.8 Å². The third-order valence-electron chi connectivity index (χ3n) is 5.67. The highest BCUT2D eigenvalue weighted by atomic mass is 16.6. The third-order valence-corrected chi connectivity index (χ3v) is 5.67. The predicted molar refractivity (Wildman–Crippen MR) is 108 cm³/mol. The topological polar surface area (TPSA) is 88.5 Å². The van der Waals surface area contributed by atoms with Crippen LogP contribution < -0.4 is 4.90 Å². The molecule has 3 aromatic rings. The lowest BCUT2D eigenvalue weighted by Gasteiger charge is -2.37. The van der Waals surface area contributed by atoms with Crippen LogP contribution in [0.25, 0.3) is 22.3 Å². The van der Waals surface area contributed by atoms with Gasteiger partial charge in [0.05, 0.1) is 25.1 Å². The Labute approximate surface area is 168 Å². The molecule has 3 aromatic heterocycles. The van der Waals surface area contributed by atoms with E-state index in [4.69, 9.17) is 9.47 Å². The molecule has 0 spiro atoms. The average Bonchev–Trinajstić information content (AvgIpc) is 3.28. The van der Waals surface area contributed by atoms with Gasteiger partial charge in [0.25, 0.3) is 0 Å². The summed E-state index contributed by atoms with van der Waals surface area (Å²) < 4.78 is 12.3. The van der Waals surface area contributed by atoms with Gasteiger partial charge >= 0.3 is 6.09 Å². The SMILES string of the molecule is Cc1c(-c2cnn(C)c2)[nH]c2nccc(N3CCN(C(=O)OC4COC4)CC3)c12. The molecule has 0 unspecified atom stereocenters. The van der Waals surface area contributed by atoms with Crippen molar-refractivity contribution in [2.24, 2.45) is 7.05 Å². The van der Waals surface area contributed by atoms with Crippen LogP contribution in [0.2, 0.25) is 0 Å². The van der Waals surface area contributed by atoms with Gasteiger partial charge in [0, 0.05) is 62.3 Å². The van der Waals surface area contributed by atoms with Crippen molar-refractivity contribution in [3.05, 3.63) is 30.2 Å². The lowest BCUT2D eigenvalue weighted by molar-refractivity contribution is -0.104. The number of hydrogen-bond acceptors (Lipinski definition) is 6. The van der Waals surface area contributed by atoms with E-state index >= 15 is 0 Å². The number of amides is 1. The van der Waals surface area contributed by atoms with Crippen LogP contribution >= 0.6 is 0 Å². The van der Waals surface area contributed by atoms with E-state index in [1.807, 2.05) is 25.6 Å². The van der Waals surface area contributed by atoms with E-state index in [0.717, 1.165) is 46.6 Å². The first-order chi connectivity index (χ1) is 14.1. The second-order valence-electron chi connectivity index (χ2n) is 7.60. The summed E-state index contributed by atoms with van der Waals surface area (Å²) in [5, 5.41) is 5.40. The first-order valence-electron chi connectivity index (χ1n) is 9.84. The number of hydrogen-bond donors (Lipinski definition) is 1. The average molecular weight is 396 g/mol. The molecule has 5 rings (SSSR count). The summed E-state index contributed by atoms with van der Waals surface area (Å²) in [7, 11) is 1.91. The van der Waals surface area contributed by atoms with Crippen LogP contribution in [0.1, 0.15) is 5.56 Å². The summed E-state index contributed by atoms with van der Waals surface area (Å²) in [6.07, 6.45) is 5.35.